The van der Waals surface area contributed by atoms with Gasteiger partial charge in [0.2, 0.25) is 0 Å². The first-order valence-electron chi connectivity index (χ1n) is 5.00. The Bertz CT molecular complexity index is 376. The van der Waals surface area contributed by atoms with E-state index in [9.17, 15) is 9.59 Å². The van der Waals surface area contributed by atoms with Crippen LogP contribution in [0.25, 0.3) is 0 Å². The first-order valence-corrected chi connectivity index (χ1v) is 5.00. The van der Waals surface area contributed by atoms with Crippen LogP contribution in [0.3, 0.4) is 0 Å². The molecule has 3 nitrogen and oxygen atoms in total. The third-order valence-corrected chi connectivity index (χ3v) is 2.83. The van der Waals surface area contributed by atoms with E-state index in [0.717, 1.165) is 25.4 Å². The van der Waals surface area contributed by atoms with Crippen LogP contribution in [0.2, 0.25) is 0 Å². The zero-order valence-electron chi connectivity index (χ0n) is 8.26. The van der Waals surface area contributed by atoms with Gasteiger partial charge in [-0.25, -0.2) is 0 Å². The summed E-state index contributed by atoms with van der Waals surface area (Å²) in [6, 6.07) is 3.58. The van der Waals surface area contributed by atoms with E-state index in [4.69, 9.17) is 4.42 Å². The summed E-state index contributed by atoms with van der Waals surface area (Å²) in [7, 11) is 0. The molecule has 0 saturated carbocycles. The van der Waals surface area contributed by atoms with Crippen molar-refractivity contribution < 1.29 is 14.0 Å². The van der Waals surface area contributed by atoms with Crippen LogP contribution in [0.5, 0.6) is 0 Å². The van der Waals surface area contributed by atoms with Crippen molar-refractivity contribution >= 4 is 12.6 Å². The lowest BCUT2D eigenvalue weighted by Gasteiger charge is -2.24. The Balaban J connectivity index is 2.38. The van der Waals surface area contributed by atoms with E-state index in [-0.39, 0.29) is 11.8 Å². The topological polar surface area (TPSA) is 47.3 Å². The molecule has 1 aromatic heterocycles. The van der Waals surface area contributed by atoms with Gasteiger partial charge in [-0.3, -0.25) is 4.79 Å². The summed E-state index contributed by atoms with van der Waals surface area (Å²) >= 11 is 0. The monoisotopic (exact) mass is 204 g/mol. The number of carbonyl (C=O) groups is 2. The summed E-state index contributed by atoms with van der Waals surface area (Å²) in [5.41, 5.74) is 0.660. The maximum absolute atomic E-state index is 10.9. The fourth-order valence-electron chi connectivity index (χ4n) is 2.09. The molecule has 1 aliphatic rings. The van der Waals surface area contributed by atoms with Crippen LogP contribution in [-0.4, -0.2) is 12.6 Å². The predicted molar refractivity (Wildman–Crippen MR) is 54.4 cm³/mol. The molecule has 0 N–H and O–H groups in total. The highest BCUT2D eigenvalue weighted by molar-refractivity contribution is 5.78. The molecule has 0 unspecified atom stereocenters. The van der Waals surface area contributed by atoms with Crippen LogP contribution in [0, 0.1) is 5.92 Å². The van der Waals surface area contributed by atoms with Gasteiger partial charge in [0.05, 0.1) is 12.2 Å². The molecule has 2 atom stereocenters. The average Bonchev–Trinajstić information content (AvgIpc) is 2.81. The Morgan fingerprint density at radius 3 is 2.87 bits per heavy atom. The molecule has 0 amide bonds. The average molecular weight is 204 g/mol. The number of furan rings is 1. The van der Waals surface area contributed by atoms with E-state index in [1.807, 2.05) is 12.1 Å². The van der Waals surface area contributed by atoms with Gasteiger partial charge in [0.15, 0.2) is 0 Å². The second-order valence-electron chi connectivity index (χ2n) is 3.69. The van der Waals surface area contributed by atoms with Crippen molar-refractivity contribution in [3.63, 3.8) is 0 Å². The van der Waals surface area contributed by atoms with Gasteiger partial charge < -0.3 is 9.21 Å². The number of hydrogen-bond acceptors (Lipinski definition) is 3. The molecule has 0 aromatic carbocycles. The number of aldehydes is 2. The molecular formula is C12H12O3. The summed E-state index contributed by atoms with van der Waals surface area (Å²) in [6.07, 6.45) is 6.77. The fraction of sp³-hybridized carbons (Fsp3) is 0.333. The third kappa shape index (κ3) is 1.77. The van der Waals surface area contributed by atoms with Crippen molar-refractivity contribution in [1.29, 1.82) is 0 Å². The number of hydrogen-bond donors (Lipinski definition) is 0. The van der Waals surface area contributed by atoms with Crippen molar-refractivity contribution in [1.82, 2.24) is 0 Å². The van der Waals surface area contributed by atoms with Crippen LogP contribution < -0.4 is 0 Å². The highest BCUT2D eigenvalue weighted by Gasteiger charge is 2.30. The minimum atomic E-state index is -0.191. The van der Waals surface area contributed by atoms with Gasteiger partial charge in [-0.15, -0.1) is 0 Å². The molecule has 1 aromatic rings. The summed E-state index contributed by atoms with van der Waals surface area (Å²) < 4.78 is 5.28. The molecule has 0 radical (unpaired) electrons. The molecule has 0 fully saturated rings. The summed E-state index contributed by atoms with van der Waals surface area (Å²) in [4.78, 5) is 21.8. The van der Waals surface area contributed by atoms with Gasteiger partial charge in [0.25, 0.3) is 0 Å². The van der Waals surface area contributed by atoms with Gasteiger partial charge in [-0.2, -0.15) is 0 Å². The minimum Gasteiger partial charge on any atom is -0.469 e. The lowest BCUT2D eigenvalue weighted by Crippen LogP contribution is -2.20. The van der Waals surface area contributed by atoms with Gasteiger partial charge in [-0.05, 0) is 30.5 Å². The van der Waals surface area contributed by atoms with Gasteiger partial charge in [-0.1, -0.05) is 6.08 Å². The van der Waals surface area contributed by atoms with E-state index in [1.165, 1.54) is 0 Å². The number of rotatable bonds is 3. The van der Waals surface area contributed by atoms with Crippen molar-refractivity contribution in [2.24, 2.45) is 5.92 Å². The third-order valence-electron chi connectivity index (χ3n) is 2.83. The lowest BCUT2D eigenvalue weighted by atomic mass is 9.78. The highest BCUT2D eigenvalue weighted by atomic mass is 16.3. The second-order valence-corrected chi connectivity index (χ2v) is 3.69. The van der Waals surface area contributed by atoms with Crippen molar-refractivity contribution in [3.05, 3.63) is 35.8 Å². The molecular weight excluding hydrogens is 192 g/mol. The maximum Gasteiger partial charge on any atom is 0.146 e. The van der Waals surface area contributed by atoms with E-state index < -0.39 is 0 Å². The molecule has 15 heavy (non-hydrogen) atoms. The van der Waals surface area contributed by atoms with Crippen molar-refractivity contribution in [3.8, 4) is 0 Å². The first-order chi connectivity index (χ1) is 7.36. The summed E-state index contributed by atoms with van der Waals surface area (Å²) in [5, 5.41) is 0. The number of carbonyl (C=O) groups excluding carboxylic acids is 2. The smallest absolute Gasteiger partial charge is 0.146 e. The minimum absolute atomic E-state index is 0.138. The second kappa shape index (κ2) is 4.26. The first kappa shape index (κ1) is 9.90. The van der Waals surface area contributed by atoms with Crippen molar-refractivity contribution in [2.75, 3.05) is 0 Å². The van der Waals surface area contributed by atoms with Gasteiger partial charge >= 0.3 is 0 Å². The molecule has 2 rings (SSSR count). The predicted octanol–water partition coefficient (Wildman–Crippen LogP) is 2.10. The SMILES string of the molecule is O=CC1=CCC[C@@H](C=O)[C@@H]1c1ccco1. The Hall–Kier alpha value is -1.64. The van der Waals surface area contributed by atoms with Crippen LogP contribution in [0.1, 0.15) is 24.5 Å². The Morgan fingerprint density at radius 1 is 1.40 bits per heavy atom. The van der Waals surface area contributed by atoms with E-state index in [0.29, 0.717) is 11.3 Å². The van der Waals surface area contributed by atoms with E-state index in [2.05, 4.69) is 0 Å². The zero-order chi connectivity index (χ0) is 10.7. The van der Waals surface area contributed by atoms with Crippen LogP contribution in [0.4, 0.5) is 0 Å². The molecule has 0 spiro atoms. The maximum atomic E-state index is 10.9. The van der Waals surface area contributed by atoms with Gasteiger partial charge in [0, 0.05) is 5.92 Å². The molecule has 78 valence electrons. The van der Waals surface area contributed by atoms with E-state index >= 15 is 0 Å². The quantitative estimate of drug-likeness (QED) is 0.708. The Morgan fingerprint density at radius 2 is 2.27 bits per heavy atom. The van der Waals surface area contributed by atoms with E-state index in [1.54, 1.807) is 12.3 Å². The lowest BCUT2D eigenvalue weighted by molar-refractivity contribution is -0.112. The normalized spacial score (nSPS) is 25.7. The largest absolute Gasteiger partial charge is 0.469 e. The number of allylic oxidation sites excluding steroid dienone is 2. The summed E-state index contributed by atoms with van der Waals surface area (Å²) in [6.45, 7) is 0. The standard InChI is InChI=1S/C12H12O3/c13-7-9-3-1-4-10(8-14)12(9)11-5-2-6-15-11/h2-3,5-8,10,12H,1,4H2/t10-,12+/m0/s1. The summed E-state index contributed by atoms with van der Waals surface area (Å²) in [5.74, 6) is 0.371. The Labute approximate surface area is 87.8 Å². The van der Waals surface area contributed by atoms with Crippen LogP contribution in [-0.2, 0) is 9.59 Å². The molecule has 0 bridgehead atoms. The molecule has 0 saturated heterocycles. The highest BCUT2D eigenvalue weighted by Crippen LogP contribution is 2.36. The molecule has 1 heterocycles. The Kier molecular flexibility index (Phi) is 2.81. The molecule has 3 heteroatoms. The molecule has 1 aliphatic carbocycles. The van der Waals surface area contributed by atoms with Crippen LogP contribution in [0.15, 0.2) is 34.5 Å². The molecule has 0 aliphatic heterocycles. The van der Waals surface area contributed by atoms with Crippen molar-refractivity contribution in [2.45, 2.75) is 18.8 Å². The van der Waals surface area contributed by atoms with Crippen LogP contribution >= 0.6 is 0 Å². The zero-order valence-corrected chi connectivity index (χ0v) is 8.26. The fourth-order valence-corrected chi connectivity index (χ4v) is 2.09. The van der Waals surface area contributed by atoms with Gasteiger partial charge in [0.1, 0.15) is 18.3 Å².